The van der Waals surface area contributed by atoms with Crippen molar-refractivity contribution in [2.24, 2.45) is 0 Å². The van der Waals surface area contributed by atoms with Crippen LogP contribution in [0, 0.1) is 6.92 Å². The molecule has 8 nitrogen and oxygen atoms in total. The third-order valence-electron chi connectivity index (χ3n) is 4.98. The number of carbonyl (C=O) groups excluding carboxylic acids is 1. The molecule has 0 radical (unpaired) electrons. The van der Waals surface area contributed by atoms with Gasteiger partial charge in [0.25, 0.3) is 11.5 Å². The number of aromatic amines is 1. The Balaban J connectivity index is 1.77. The van der Waals surface area contributed by atoms with Crippen LogP contribution in [0.3, 0.4) is 0 Å². The van der Waals surface area contributed by atoms with E-state index in [0.29, 0.717) is 41.5 Å². The van der Waals surface area contributed by atoms with E-state index in [4.69, 9.17) is 4.74 Å². The van der Waals surface area contributed by atoms with Gasteiger partial charge in [-0.05, 0) is 37.1 Å². The van der Waals surface area contributed by atoms with Gasteiger partial charge in [0.15, 0.2) is 0 Å². The molecule has 8 heteroatoms. The number of aromatic nitrogens is 4. The average molecular weight is 431 g/mol. The Bertz CT molecular complexity index is 1340. The zero-order valence-corrected chi connectivity index (χ0v) is 18.3. The average Bonchev–Trinajstić information content (AvgIpc) is 3.13. The van der Waals surface area contributed by atoms with E-state index in [-0.39, 0.29) is 17.4 Å². The number of hydrogen-bond donors (Lipinski definition) is 2. The molecule has 0 aliphatic rings. The van der Waals surface area contributed by atoms with E-state index in [1.165, 1.54) is 10.7 Å². The van der Waals surface area contributed by atoms with Crippen LogP contribution in [-0.2, 0) is 6.42 Å². The van der Waals surface area contributed by atoms with Gasteiger partial charge in [0.2, 0.25) is 5.95 Å². The van der Waals surface area contributed by atoms with Gasteiger partial charge in [-0.2, -0.15) is 9.78 Å². The number of ether oxygens (including phenoxy) is 1. The zero-order valence-electron chi connectivity index (χ0n) is 18.3. The molecule has 1 amide bonds. The largest absolute Gasteiger partial charge is 0.493 e. The van der Waals surface area contributed by atoms with E-state index < -0.39 is 0 Å². The summed E-state index contributed by atoms with van der Waals surface area (Å²) in [6.45, 7) is 6.14. The van der Waals surface area contributed by atoms with Crippen molar-refractivity contribution in [3.63, 3.8) is 0 Å². The van der Waals surface area contributed by atoms with E-state index in [0.717, 1.165) is 17.2 Å². The summed E-state index contributed by atoms with van der Waals surface area (Å²) in [5, 5.41) is 9.08. The highest BCUT2D eigenvalue weighted by atomic mass is 16.5. The highest BCUT2D eigenvalue weighted by Gasteiger charge is 2.20. The quantitative estimate of drug-likeness (QED) is 0.460. The molecular formula is C24H25N5O3. The van der Waals surface area contributed by atoms with E-state index >= 15 is 0 Å². The molecule has 0 aliphatic carbocycles. The summed E-state index contributed by atoms with van der Waals surface area (Å²) < 4.78 is 7.18. The molecule has 4 rings (SSSR count). The van der Waals surface area contributed by atoms with Gasteiger partial charge in [-0.25, -0.2) is 4.98 Å². The maximum Gasteiger partial charge on any atom is 0.261 e. The fraction of sp³-hybridized carbons (Fsp3) is 0.250. The number of aryl methyl sites for hydroxylation is 2. The maximum absolute atomic E-state index is 13.4. The van der Waals surface area contributed by atoms with Crippen LogP contribution in [0.4, 0.5) is 5.82 Å². The Morgan fingerprint density at radius 3 is 2.75 bits per heavy atom. The van der Waals surface area contributed by atoms with E-state index in [1.54, 1.807) is 12.1 Å². The van der Waals surface area contributed by atoms with Gasteiger partial charge >= 0.3 is 0 Å². The zero-order chi connectivity index (χ0) is 22.7. The highest BCUT2D eigenvalue weighted by Crippen LogP contribution is 2.29. The number of amides is 1. The first-order chi connectivity index (χ1) is 15.5. The molecule has 0 fully saturated rings. The van der Waals surface area contributed by atoms with Crippen LogP contribution in [0.1, 0.15) is 42.0 Å². The predicted octanol–water partition coefficient (Wildman–Crippen LogP) is 4.02. The molecule has 0 bridgehead atoms. The van der Waals surface area contributed by atoms with Crippen LogP contribution >= 0.6 is 0 Å². The molecule has 4 aromatic rings. The van der Waals surface area contributed by atoms with Crippen LogP contribution in [0.5, 0.6) is 5.75 Å². The number of anilines is 1. The number of hydrogen-bond acceptors (Lipinski definition) is 5. The third-order valence-corrected chi connectivity index (χ3v) is 4.98. The summed E-state index contributed by atoms with van der Waals surface area (Å²) in [6, 6.07) is 14.6. The topological polar surface area (TPSA) is 102 Å². The number of fused-ring (bicyclic) bond motifs is 1. The third kappa shape index (κ3) is 4.25. The molecule has 0 aliphatic heterocycles. The lowest BCUT2D eigenvalue weighted by Crippen LogP contribution is -2.20. The first kappa shape index (κ1) is 21.3. The van der Waals surface area contributed by atoms with Crippen LogP contribution in [0.2, 0.25) is 0 Å². The van der Waals surface area contributed by atoms with Crippen molar-refractivity contribution in [2.75, 3.05) is 11.9 Å². The maximum atomic E-state index is 13.4. The molecule has 2 N–H and O–H groups in total. The Morgan fingerprint density at radius 1 is 1.16 bits per heavy atom. The standard InChI is InChI=1S/C24H25N5O3/c1-4-8-17-14-21(30)27-24(25-17)29-20(13-15(3)28-29)26-23(31)22-18-10-7-6-9-16(18)11-12-19(22)32-5-2/h6-7,9-14H,4-5,8H2,1-3H3,(H,26,31)(H,25,27,30). The van der Waals surface area contributed by atoms with Crippen molar-refractivity contribution in [1.29, 1.82) is 0 Å². The number of H-pyrrole nitrogens is 1. The minimum atomic E-state index is -0.335. The van der Waals surface area contributed by atoms with E-state index in [2.05, 4.69) is 20.4 Å². The van der Waals surface area contributed by atoms with Crippen molar-refractivity contribution in [3.05, 3.63) is 75.8 Å². The normalized spacial score (nSPS) is 11.0. The summed E-state index contributed by atoms with van der Waals surface area (Å²) in [5.74, 6) is 0.827. The molecule has 2 aromatic heterocycles. The first-order valence-electron chi connectivity index (χ1n) is 10.6. The van der Waals surface area contributed by atoms with Gasteiger partial charge in [-0.1, -0.05) is 43.7 Å². The van der Waals surface area contributed by atoms with Crippen molar-refractivity contribution >= 4 is 22.5 Å². The van der Waals surface area contributed by atoms with Crippen molar-refractivity contribution in [2.45, 2.75) is 33.6 Å². The van der Waals surface area contributed by atoms with Crippen molar-refractivity contribution in [3.8, 4) is 11.7 Å². The number of carbonyl (C=O) groups is 1. The fourth-order valence-corrected chi connectivity index (χ4v) is 3.67. The first-order valence-corrected chi connectivity index (χ1v) is 10.6. The second kappa shape index (κ2) is 9.05. The van der Waals surface area contributed by atoms with Crippen LogP contribution in [0.25, 0.3) is 16.7 Å². The van der Waals surface area contributed by atoms with Crippen LogP contribution < -0.4 is 15.6 Å². The van der Waals surface area contributed by atoms with Crippen molar-refractivity contribution < 1.29 is 9.53 Å². The number of rotatable bonds is 7. The smallest absolute Gasteiger partial charge is 0.261 e. The van der Waals surface area contributed by atoms with Crippen LogP contribution in [-0.4, -0.2) is 32.3 Å². The Hall–Kier alpha value is -3.94. The predicted molar refractivity (Wildman–Crippen MR) is 124 cm³/mol. The molecule has 2 aromatic carbocycles. The van der Waals surface area contributed by atoms with Gasteiger partial charge in [0.05, 0.1) is 17.9 Å². The minimum absolute atomic E-state index is 0.257. The molecule has 0 saturated heterocycles. The molecule has 0 unspecified atom stereocenters. The van der Waals surface area contributed by atoms with Gasteiger partial charge in [-0.15, -0.1) is 0 Å². The minimum Gasteiger partial charge on any atom is -0.493 e. The molecule has 32 heavy (non-hydrogen) atoms. The SMILES string of the molecule is CCCc1cc(=O)[nH]c(-n2nc(C)cc2NC(=O)c2c(OCC)ccc3ccccc23)n1. The summed E-state index contributed by atoms with van der Waals surface area (Å²) >= 11 is 0. The molecule has 0 saturated carbocycles. The van der Waals surface area contributed by atoms with Gasteiger partial charge in [0, 0.05) is 17.8 Å². The molecule has 0 atom stereocenters. The molecule has 0 spiro atoms. The van der Waals surface area contributed by atoms with E-state index in [9.17, 15) is 9.59 Å². The summed E-state index contributed by atoms with van der Waals surface area (Å²) in [7, 11) is 0. The number of nitrogens with one attached hydrogen (secondary N) is 2. The Kier molecular flexibility index (Phi) is 6.02. The summed E-state index contributed by atoms with van der Waals surface area (Å²) in [4.78, 5) is 32.8. The number of nitrogens with zero attached hydrogens (tertiary/aromatic N) is 3. The molecular weight excluding hydrogens is 406 g/mol. The lowest BCUT2D eigenvalue weighted by atomic mass is 10.0. The second-order valence-electron chi connectivity index (χ2n) is 7.44. The molecule has 2 heterocycles. The lowest BCUT2D eigenvalue weighted by molar-refractivity contribution is 0.102. The van der Waals surface area contributed by atoms with Gasteiger partial charge < -0.3 is 10.1 Å². The van der Waals surface area contributed by atoms with Gasteiger partial charge in [-0.3, -0.25) is 14.6 Å². The van der Waals surface area contributed by atoms with Crippen LogP contribution in [0.15, 0.2) is 53.3 Å². The summed E-state index contributed by atoms with van der Waals surface area (Å²) in [5.41, 5.74) is 1.52. The number of benzene rings is 2. The van der Waals surface area contributed by atoms with Gasteiger partial charge in [0.1, 0.15) is 11.6 Å². The lowest BCUT2D eigenvalue weighted by Gasteiger charge is -2.14. The monoisotopic (exact) mass is 431 g/mol. The van der Waals surface area contributed by atoms with Crippen molar-refractivity contribution in [1.82, 2.24) is 19.7 Å². The fourth-order valence-electron chi connectivity index (χ4n) is 3.67. The second-order valence-corrected chi connectivity index (χ2v) is 7.44. The highest BCUT2D eigenvalue weighted by molar-refractivity contribution is 6.14. The summed E-state index contributed by atoms with van der Waals surface area (Å²) in [6.07, 6.45) is 1.53. The Labute approximate surface area is 185 Å². The van der Waals surface area contributed by atoms with E-state index in [1.807, 2.05) is 51.1 Å². The molecule has 164 valence electrons. The Morgan fingerprint density at radius 2 is 1.97 bits per heavy atom.